The molecule has 0 fully saturated rings. The minimum atomic E-state index is -4.52. The molecule has 10 heteroatoms. The van der Waals surface area contributed by atoms with Crippen LogP contribution in [-0.2, 0) is 11.0 Å². The molecule has 0 aliphatic carbocycles. The number of nitrogens with one attached hydrogen (secondary N) is 1. The first kappa shape index (κ1) is 28.5. The standard InChI is InChI=1S/C28H27F4NO5/c1-15-10-19(28(30,31)32)6-8-23(15)25(34)33-17(3)18-12-20(29)14-22(13-18)37-21-7-9-24(16(2)11-21)38-27(4,5)26(35)36/h6-14,17H,1-5H3,(H,33,34)(H,35,36). The molecule has 202 valence electrons. The van der Waals surface area contributed by atoms with Crippen LogP contribution in [0.3, 0.4) is 0 Å². The number of amides is 1. The van der Waals surface area contributed by atoms with Crippen LogP contribution in [0.4, 0.5) is 17.6 Å². The van der Waals surface area contributed by atoms with Crippen LogP contribution in [0.25, 0.3) is 0 Å². The van der Waals surface area contributed by atoms with Crippen molar-refractivity contribution in [2.24, 2.45) is 0 Å². The zero-order valence-corrected chi connectivity index (χ0v) is 21.4. The van der Waals surface area contributed by atoms with E-state index in [9.17, 15) is 32.3 Å². The first-order valence-electron chi connectivity index (χ1n) is 11.6. The van der Waals surface area contributed by atoms with Gasteiger partial charge < -0.3 is 19.9 Å². The predicted octanol–water partition coefficient (Wildman–Crippen LogP) is 6.99. The highest BCUT2D eigenvalue weighted by atomic mass is 19.4. The second-order valence-corrected chi connectivity index (χ2v) is 9.39. The van der Waals surface area contributed by atoms with Gasteiger partial charge in [-0.1, -0.05) is 0 Å². The first-order valence-corrected chi connectivity index (χ1v) is 11.6. The van der Waals surface area contributed by atoms with Crippen LogP contribution in [0.2, 0.25) is 0 Å². The van der Waals surface area contributed by atoms with Gasteiger partial charge >= 0.3 is 12.1 Å². The minimum Gasteiger partial charge on any atom is -0.478 e. The van der Waals surface area contributed by atoms with Gasteiger partial charge in [-0.15, -0.1) is 0 Å². The number of hydrogen-bond acceptors (Lipinski definition) is 4. The van der Waals surface area contributed by atoms with Crippen LogP contribution in [0, 0.1) is 19.7 Å². The number of carboxylic acids is 1. The lowest BCUT2D eigenvalue weighted by molar-refractivity contribution is -0.152. The lowest BCUT2D eigenvalue weighted by Crippen LogP contribution is -2.38. The first-order chi connectivity index (χ1) is 17.6. The van der Waals surface area contributed by atoms with E-state index in [1.807, 2.05) is 0 Å². The van der Waals surface area contributed by atoms with Gasteiger partial charge in [-0.25, -0.2) is 9.18 Å². The summed E-state index contributed by atoms with van der Waals surface area (Å²) in [5.41, 5.74) is -1.10. The third-order valence-electron chi connectivity index (χ3n) is 5.80. The van der Waals surface area contributed by atoms with Gasteiger partial charge in [0.05, 0.1) is 11.6 Å². The molecule has 0 heterocycles. The van der Waals surface area contributed by atoms with Gasteiger partial charge in [-0.3, -0.25) is 4.79 Å². The number of aliphatic carboxylic acids is 1. The number of carbonyl (C=O) groups is 2. The molecule has 0 aliphatic rings. The monoisotopic (exact) mass is 533 g/mol. The summed E-state index contributed by atoms with van der Waals surface area (Å²) in [7, 11) is 0. The van der Waals surface area contributed by atoms with Crippen LogP contribution in [0.1, 0.15) is 59.4 Å². The molecule has 3 aromatic carbocycles. The van der Waals surface area contributed by atoms with E-state index in [0.29, 0.717) is 22.6 Å². The Balaban J connectivity index is 1.76. The Morgan fingerprint density at radius 3 is 2.18 bits per heavy atom. The highest BCUT2D eigenvalue weighted by molar-refractivity contribution is 5.96. The summed E-state index contributed by atoms with van der Waals surface area (Å²) in [5, 5.41) is 11.9. The number of halogens is 4. The summed E-state index contributed by atoms with van der Waals surface area (Å²) in [6.07, 6.45) is -4.52. The molecule has 1 unspecified atom stereocenters. The topological polar surface area (TPSA) is 84.9 Å². The predicted molar refractivity (Wildman–Crippen MR) is 132 cm³/mol. The number of alkyl halides is 3. The summed E-state index contributed by atoms with van der Waals surface area (Å²) in [6.45, 7) is 7.57. The third kappa shape index (κ3) is 6.81. The number of benzene rings is 3. The average molecular weight is 534 g/mol. The van der Waals surface area contributed by atoms with Crippen molar-refractivity contribution >= 4 is 11.9 Å². The smallest absolute Gasteiger partial charge is 0.416 e. The van der Waals surface area contributed by atoms with E-state index >= 15 is 0 Å². The number of rotatable bonds is 8. The van der Waals surface area contributed by atoms with Crippen LogP contribution < -0.4 is 14.8 Å². The summed E-state index contributed by atoms with van der Waals surface area (Å²) in [4.78, 5) is 24.0. The number of aryl methyl sites for hydroxylation is 2. The molecule has 6 nitrogen and oxygen atoms in total. The molecule has 3 rings (SSSR count). The summed E-state index contributed by atoms with van der Waals surface area (Å²) >= 11 is 0. The third-order valence-corrected chi connectivity index (χ3v) is 5.80. The van der Waals surface area contributed by atoms with E-state index in [0.717, 1.165) is 24.3 Å². The fourth-order valence-corrected chi connectivity index (χ4v) is 3.60. The van der Waals surface area contributed by atoms with Gasteiger partial charge in [0.2, 0.25) is 0 Å². The maximum atomic E-state index is 14.4. The second kappa shape index (κ2) is 10.7. The van der Waals surface area contributed by atoms with Gasteiger partial charge in [-0.05, 0) is 99.8 Å². The zero-order chi connectivity index (χ0) is 28.4. The Kier molecular flexibility index (Phi) is 8.04. The largest absolute Gasteiger partial charge is 0.478 e. The van der Waals surface area contributed by atoms with Crippen molar-refractivity contribution in [3.63, 3.8) is 0 Å². The van der Waals surface area contributed by atoms with Crippen molar-refractivity contribution < 1.29 is 41.7 Å². The molecule has 0 saturated heterocycles. The van der Waals surface area contributed by atoms with Crippen LogP contribution in [0.5, 0.6) is 17.2 Å². The number of carboxylic acid groups (broad SMARTS) is 1. The molecular formula is C28H27F4NO5. The molecule has 0 saturated carbocycles. The Morgan fingerprint density at radius 1 is 0.921 bits per heavy atom. The Bertz CT molecular complexity index is 1370. The highest BCUT2D eigenvalue weighted by Crippen LogP contribution is 2.32. The van der Waals surface area contributed by atoms with Crippen molar-refractivity contribution in [1.82, 2.24) is 5.32 Å². The van der Waals surface area contributed by atoms with Crippen molar-refractivity contribution in [2.75, 3.05) is 0 Å². The number of ether oxygens (including phenoxy) is 2. The molecule has 0 aliphatic heterocycles. The lowest BCUT2D eigenvalue weighted by Gasteiger charge is -2.23. The molecule has 0 bridgehead atoms. The Hall–Kier alpha value is -4.08. The van der Waals surface area contributed by atoms with E-state index in [2.05, 4.69) is 5.32 Å². The fraction of sp³-hybridized carbons (Fsp3) is 0.286. The molecule has 0 aromatic heterocycles. The van der Waals surface area contributed by atoms with E-state index in [1.54, 1.807) is 32.0 Å². The summed E-state index contributed by atoms with van der Waals surface area (Å²) < 4.78 is 64.5. The molecule has 2 N–H and O–H groups in total. The molecule has 0 radical (unpaired) electrons. The zero-order valence-electron chi connectivity index (χ0n) is 21.4. The van der Waals surface area contributed by atoms with Crippen LogP contribution >= 0.6 is 0 Å². The molecule has 0 spiro atoms. The van der Waals surface area contributed by atoms with Gasteiger partial charge in [0.25, 0.3) is 5.91 Å². The van der Waals surface area contributed by atoms with Crippen LogP contribution in [0.15, 0.2) is 54.6 Å². The van der Waals surface area contributed by atoms with Gasteiger partial charge in [0.1, 0.15) is 23.1 Å². The van der Waals surface area contributed by atoms with E-state index in [1.165, 1.54) is 32.9 Å². The Morgan fingerprint density at radius 2 is 1.61 bits per heavy atom. The number of carbonyl (C=O) groups excluding carboxylic acids is 1. The second-order valence-electron chi connectivity index (χ2n) is 9.39. The van der Waals surface area contributed by atoms with E-state index in [-0.39, 0.29) is 16.9 Å². The normalized spacial score (nSPS) is 12.6. The van der Waals surface area contributed by atoms with Gasteiger partial charge in [0, 0.05) is 11.6 Å². The quantitative estimate of drug-likeness (QED) is 0.305. The maximum absolute atomic E-state index is 14.4. The van der Waals surface area contributed by atoms with E-state index in [4.69, 9.17) is 9.47 Å². The molecule has 38 heavy (non-hydrogen) atoms. The SMILES string of the molecule is Cc1cc(Oc2cc(F)cc(C(C)NC(=O)c3ccc(C(F)(F)F)cc3C)c2)ccc1OC(C)(C)C(=O)O. The summed E-state index contributed by atoms with van der Waals surface area (Å²) in [6, 6.07) is 10.7. The fourth-order valence-electron chi connectivity index (χ4n) is 3.60. The Labute approximate surface area is 217 Å². The molecule has 1 amide bonds. The van der Waals surface area contributed by atoms with Crippen molar-refractivity contribution in [3.05, 3.63) is 88.2 Å². The average Bonchev–Trinajstić information content (AvgIpc) is 2.79. The van der Waals surface area contributed by atoms with Gasteiger partial charge in [-0.2, -0.15) is 13.2 Å². The maximum Gasteiger partial charge on any atom is 0.416 e. The number of hydrogen-bond donors (Lipinski definition) is 2. The molecular weight excluding hydrogens is 506 g/mol. The van der Waals surface area contributed by atoms with Crippen molar-refractivity contribution in [2.45, 2.75) is 52.4 Å². The van der Waals surface area contributed by atoms with Crippen LogP contribution in [-0.4, -0.2) is 22.6 Å². The lowest BCUT2D eigenvalue weighted by atomic mass is 10.0. The summed E-state index contributed by atoms with van der Waals surface area (Å²) in [5.74, 6) is -1.52. The van der Waals surface area contributed by atoms with Crippen molar-refractivity contribution in [1.29, 1.82) is 0 Å². The van der Waals surface area contributed by atoms with Gasteiger partial charge in [0.15, 0.2) is 5.60 Å². The van der Waals surface area contributed by atoms with Crippen molar-refractivity contribution in [3.8, 4) is 17.2 Å². The highest BCUT2D eigenvalue weighted by Gasteiger charge is 2.31. The molecule has 1 atom stereocenters. The molecule has 3 aromatic rings. The van der Waals surface area contributed by atoms with E-state index < -0.39 is 41.1 Å². The minimum absolute atomic E-state index is 0.0709.